The summed E-state index contributed by atoms with van der Waals surface area (Å²) >= 11 is 0. The maximum atomic E-state index is 13.1. The summed E-state index contributed by atoms with van der Waals surface area (Å²) in [6, 6.07) is 0. The van der Waals surface area contributed by atoms with Crippen LogP contribution in [0.4, 0.5) is 0 Å². The lowest BCUT2D eigenvalue weighted by Crippen LogP contribution is -2.30. The van der Waals surface area contributed by atoms with Crippen molar-refractivity contribution in [3.05, 3.63) is 219 Å². The third-order valence-corrected chi connectivity index (χ3v) is 17.8. The first-order valence-corrected chi connectivity index (χ1v) is 44.0. The van der Waals surface area contributed by atoms with Gasteiger partial charge in [0.1, 0.15) is 19.3 Å². The third kappa shape index (κ3) is 79.5. The quantitative estimate of drug-likeness (QED) is 0.0169. The van der Waals surface area contributed by atoms with Crippen molar-refractivity contribution >= 4 is 39.5 Å². The van der Waals surface area contributed by atoms with Crippen LogP contribution in [0, 0.1) is 0 Å². The van der Waals surface area contributed by atoms with Gasteiger partial charge in [0.2, 0.25) is 0 Å². The van der Waals surface area contributed by atoms with E-state index in [0.717, 1.165) is 180 Å². The van der Waals surface area contributed by atoms with Gasteiger partial charge in [0.05, 0.1) is 26.4 Å². The minimum Gasteiger partial charge on any atom is -0.462 e. The van der Waals surface area contributed by atoms with Crippen LogP contribution in [0.15, 0.2) is 219 Å². The molecule has 0 saturated heterocycles. The number of rotatable bonds is 74. The van der Waals surface area contributed by atoms with Crippen molar-refractivity contribution in [1.82, 2.24) is 0 Å². The fourth-order valence-electron chi connectivity index (χ4n) is 9.83. The lowest BCUT2D eigenvalue weighted by Gasteiger charge is -2.21. The van der Waals surface area contributed by atoms with Gasteiger partial charge in [0.25, 0.3) is 0 Å². The van der Waals surface area contributed by atoms with Crippen molar-refractivity contribution in [2.75, 3.05) is 39.6 Å². The number of esters is 4. The number of aliphatic hydroxyl groups is 1. The van der Waals surface area contributed by atoms with Crippen LogP contribution in [-0.4, -0.2) is 96.7 Å². The van der Waals surface area contributed by atoms with E-state index in [2.05, 4.69) is 210 Å². The van der Waals surface area contributed by atoms with Crippen molar-refractivity contribution in [3.8, 4) is 0 Å². The van der Waals surface area contributed by atoms with E-state index in [4.69, 9.17) is 37.0 Å². The standard InChI is InChI=1S/C91H142O17P2/c1-5-9-13-17-21-25-29-33-36-39-42-45-48-52-55-59-63-67-71-75-88(93)101-81-86(107-90(95)77-73-69-65-61-57-51-32-28-24-20-16-12-8-4)83-105-109(97,98)103-79-85(92)80-104-110(99,100)106-84-87(108-91(96)78-74-70-66-62-58-54-50-47-44-41-38-35-31-27-23-19-15-11-7-3)82-102-89(94)76-72-68-64-60-56-53-49-46-43-40-37-34-30-26-22-18-14-10-6-2/h9-11,13-16,20-23,25-28,32-38,42-47,53-54,56,58,64,66,68,70,85-87,92H,5-8,12,17-19,24,29-31,39-41,48-52,55,57,59-63,65,67,69,71-84H2,1-4H3,(H,97,98)(H,99,100)/b13-9-,14-10-,15-11-,20-16-,25-21-,26-22-,27-23-,32-28-,36-33-,37-34-,38-35-,45-42-,46-43-,47-44-,56-53-,58-54-,68-64-,70-66-. The molecule has 0 radical (unpaired) electrons. The number of allylic oxidation sites excluding steroid dienone is 36. The fraction of sp³-hybridized carbons (Fsp3) is 0.560. The largest absolute Gasteiger partial charge is 0.472 e. The Morgan fingerprint density at radius 3 is 0.800 bits per heavy atom. The van der Waals surface area contributed by atoms with Crippen LogP contribution in [0.3, 0.4) is 0 Å². The highest BCUT2D eigenvalue weighted by molar-refractivity contribution is 7.47. The highest BCUT2D eigenvalue weighted by atomic mass is 31.2. The van der Waals surface area contributed by atoms with Crippen LogP contribution in [0.5, 0.6) is 0 Å². The molecular formula is C91H142O17P2. The molecule has 0 fully saturated rings. The van der Waals surface area contributed by atoms with Gasteiger partial charge < -0.3 is 33.8 Å². The molecule has 618 valence electrons. The highest BCUT2D eigenvalue weighted by Crippen LogP contribution is 2.45. The molecule has 0 rings (SSSR count). The predicted octanol–water partition coefficient (Wildman–Crippen LogP) is 24.4. The number of phosphoric acid groups is 2. The summed E-state index contributed by atoms with van der Waals surface area (Å²) in [6.45, 7) is 4.23. The van der Waals surface area contributed by atoms with E-state index < -0.39 is 97.5 Å². The van der Waals surface area contributed by atoms with Gasteiger partial charge in [-0.3, -0.25) is 37.3 Å². The average Bonchev–Trinajstić information content (AvgIpc) is 0.900. The molecule has 0 aromatic heterocycles. The van der Waals surface area contributed by atoms with Gasteiger partial charge in [0, 0.05) is 25.7 Å². The zero-order chi connectivity index (χ0) is 80.3. The van der Waals surface area contributed by atoms with E-state index in [-0.39, 0.29) is 25.7 Å². The Hall–Kier alpha value is -6.62. The molecule has 3 N–H and O–H groups in total. The van der Waals surface area contributed by atoms with Crippen LogP contribution >= 0.6 is 15.6 Å². The minimum absolute atomic E-state index is 0.0104. The molecule has 0 aromatic carbocycles. The normalized spacial score (nSPS) is 14.9. The maximum Gasteiger partial charge on any atom is 0.472 e. The van der Waals surface area contributed by atoms with E-state index >= 15 is 0 Å². The van der Waals surface area contributed by atoms with E-state index in [9.17, 15) is 43.2 Å². The van der Waals surface area contributed by atoms with Gasteiger partial charge in [-0.1, -0.05) is 298 Å². The Bertz CT molecular complexity index is 2950. The second-order valence-corrected chi connectivity index (χ2v) is 29.1. The molecule has 0 spiro atoms. The average molecular weight is 1570 g/mol. The summed E-state index contributed by atoms with van der Waals surface area (Å²) in [6.07, 6.45) is 102. The predicted molar refractivity (Wildman–Crippen MR) is 454 cm³/mol. The summed E-state index contributed by atoms with van der Waals surface area (Å²) in [5.41, 5.74) is 0. The number of carbonyl (C=O) groups excluding carboxylic acids is 4. The fourth-order valence-corrected chi connectivity index (χ4v) is 11.4. The third-order valence-electron chi connectivity index (χ3n) is 15.9. The Labute approximate surface area is 664 Å². The van der Waals surface area contributed by atoms with Crippen LogP contribution in [0.2, 0.25) is 0 Å². The van der Waals surface area contributed by atoms with Crippen molar-refractivity contribution in [1.29, 1.82) is 0 Å². The highest BCUT2D eigenvalue weighted by Gasteiger charge is 2.30. The number of hydrogen-bond donors (Lipinski definition) is 3. The van der Waals surface area contributed by atoms with Crippen LogP contribution < -0.4 is 0 Å². The zero-order valence-electron chi connectivity index (χ0n) is 67.6. The minimum atomic E-state index is -5.03. The van der Waals surface area contributed by atoms with Crippen LogP contribution in [-0.2, 0) is 65.4 Å². The molecule has 0 bridgehead atoms. The molecule has 0 amide bonds. The lowest BCUT2D eigenvalue weighted by molar-refractivity contribution is -0.161. The molecule has 17 nitrogen and oxygen atoms in total. The van der Waals surface area contributed by atoms with Crippen molar-refractivity contribution < 1.29 is 80.2 Å². The van der Waals surface area contributed by atoms with Crippen LogP contribution in [0.25, 0.3) is 0 Å². The first-order valence-electron chi connectivity index (χ1n) is 41.0. The molecule has 0 heterocycles. The number of aliphatic hydroxyl groups excluding tert-OH is 1. The van der Waals surface area contributed by atoms with Gasteiger partial charge in [-0.15, -0.1) is 0 Å². The van der Waals surface area contributed by atoms with E-state index in [1.165, 1.54) is 0 Å². The first kappa shape index (κ1) is 103. The summed E-state index contributed by atoms with van der Waals surface area (Å²) in [4.78, 5) is 73.1. The lowest BCUT2D eigenvalue weighted by atomic mass is 10.1. The van der Waals surface area contributed by atoms with Gasteiger partial charge >= 0.3 is 39.5 Å². The molecule has 5 atom stereocenters. The van der Waals surface area contributed by atoms with Crippen LogP contribution in [0.1, 0.15) is 272 Å². The number of ether oxygens (including phenoxy) is 4. The number of carbonyl (C=O) groups is 4. The van der Waals surface area contributed by atoms with Crippen molar-refractivity contribution in [2.24, 2.45) is 0 Å². The first-order chi connectivity index (χ1) is 53.7. The molecule has 110 heavy (non-hydrogen) atoms. The Balaban J connectivity index is 5.54. The molecule has 5 unspecified atom stereocenters. The number of unbranched alkanes of at least 4 members (excludes halogenated alkanes) is 12. The summed E-state index contributed by atoms with van der Waals surface area (Å²) in [5, 5.41) is 10.7. The molecule has 0 saturated carbocycles. The Kier molecular flexibility index (Phi) is 75.6. The Morgan fingerprint density at radius 2 is 0.491 bits per heavy atom. The van der Waals surface area contributed by atoms with E-state index in [1.807, 2.05) is 36.5 Å². The summed E-state index contributed by atoms with van der Waals surface area (Å²) in [5.74, 6) is -2.43. The summed E-state index contributed by atoms with van der Waals surface area (Å²) < 4.78 is 68.5. The second-order valence-electron chi connectivity index (χ2n) is 26.2. The number of hydrogen-bond acceptors (Lipinski definition) is 15. The summed E-state index contributed by atoms with van der Waals surface area (Å²) in [7, 11) is -10.0. The number of phosphoric ester groups is 2. The van der Waals surface area contributed by atoms with E-state index in [1.54, 1.807) is 0 Å². The molecular weight excluding hydrogens is 1430 g/mol. The van der Waals surface area contributed by atoms with E-state index in [0.29, 0.717) is 38.5 Å². The molecule has 0 aliphatic rings. The molecule has 19 heteroatoms. The Morgan fingerprint density at radius 1 is 0.264 bits per heavy atom. The SMILES string of the molecule is CC/C=C\C/C=C\C/C=C\C/C=C\C/C=C\C/C=C\CCC(=O)OCC(COP(=O)(O)OCC(O)COP(=O)(O)OCC(COC(=O)CCCCCCCC/C=C\C/C=C\C/C=C\C/C=C\CC)OC(=O)CCCCCCC/C=C\C/C=C\CCC)OC(=O)CC/C=C\C/C=C\C/C=C\C/C=C\C/C=C\C/C=C\CC. The maximum absolute atomic E-state index is 13.1. The monoisotopic (exact) mass is 1570 g/mol. The molecule has 0 aliphatic heterocycles. The van der Waals surface area contributed by atoms with Gasteiger partial charge in [-0.2, -0.15) is 0 Å². The molecule has 0 aliphatic carbocycles. The van der Waals surface area contributed by atoms with Gasteiger partial charge in [-0.25, -0.2) is 9.13 Å². The second kappa shape index (κ2) is 80.4. The van der Waals surface area contributed by atoms with Gasteiger partial charge in [-0.05, 0) is 167 Å². The van der Waals surface area contributed by atoms with Crippen molar-refractivity contribution in [3.63, 3.8) is 0 Å². The molecule has 0 aromatic rings. The smallest absolute Gasteiger partial charge is 0.462 e. The van der Waals surface area contributed by atoms with Crippen molar-refractivity contribution in [2.45, 2.75) is 290 Å². The topological polar surface area (TPSA) is 237 Å². The zero-order valence-corrected chi connectivity index (χ0v) is 69.4. The van der Waals surface area contributed by atoms with Gasteiger partial charge in [0.15, 0.2) is 12.2 Å².